The van der Waals surface area contributed by atoms with E-state index in [-0.39, 0.29) is 18.5 Å². The van der Waals surface area contributed by atoms with E-state index >= 15 is 0 Å². The third kappa shape index (κ3) is 2.65. The smallest absolute Gasteiger partial charge is 0.325 e. The summed E-state index contributed by atoms with van der Waals surface area (Å²) in [5.74, 6) is -0.355. The minimum Gasteiger partial charge on any atom is -0.465 e. The van der Waals surface area contributed by atoms with Gasteiger partial charge in [-0.1, -0.05) is 18.2 Å². The lowest BCUT2D eigenvalue weighted by Crippen LogP contribution is -2.16. The zero-order valence-electron chi connectivity index (χ0n) is 12.4. The summed E-state index contributed by atoms with van der Waals surface area (Å²) in [5, 5.41) is 7.24. The number of nitrogens with one attached hydrogen (secondary N) is 1. The molecular formula is C15H16N4O3. The SMILES string of the molecule is CCOC(=O)CNc1nc2c(o1)c(C)nn2-c1ccccc1. The number of esters is 1. The van der Waals surface area contributed by atoms with Crippen LogP contribution in [0, 0.1) is 6.92 Å². The first kappa shape index (κ1) is 14.1. The summed E-state index contributed by atoms with van der Waals surface area (Å²) in [4.78, 5) is 15.7. The highest BCUT2D eigenvalue weighted by Crippen LogP contribution is 2.24. The van der Waals surface area contributed by atoms with Crippen LogP contribution in [0.2, 0.25) is 0 Å². The fourth-order valence-electron chi connectivity index (χ4n) is 2.12. The number of carbonyl (C=O) groups excluding carboxylic acids is 1. The van der Waals surface area contributed by atoms with Crippen molar-refractivity contribution in [2.24, 2.45) is 0 Å². The maximum Gasteiger partial charge on any atom is 0.325 e. The van der Waals surface area contributed by atoms with Crippen LogP contribution in [0.1, 0.15) is 12.6 Å². The van der Waals surface area contributed by atoms with E-state index in [0.29, 0.717) is 17.8 Å². The number of nitrogens with zero attached hydrogens (tertiary/aromatic N) is 3. The molecule has 114 valence electrons. The van der Waals surface area contributed by atoms with E-state index in [9.17, 15) is 4.79 Å². The molecule has 3 aromatic rings. The second-order valence-corrected chi connectivity index (χ2v) is 4.66. The number of benzene rings is 1. The van der Waals surface area contributed by atoms with Crippen molar-refractivity contribution in [1.82, 2.24) is 14.8 Å². The van der Waals surface area contributed by atoms with E-state index in [1.165, 1.54) is 0 Å². The summed E-state index contributed by atoms with van der Waals surface area (Å²) >= 11 is 0. The number of para-hydroxylation sites is 1. The highest BCUT2D eigenvalue weighted by atomic mass is 16.5. The third-order valence-electron chi connectivity index (χ3n) is 3.08. The minimum absolute atomic E-state index is 0.00869. The van der Waals surface area contributed by atoms with E-state index in [0.717, 1.165) is 11.4 Å². The first-order valence-electron chi connectivity index (χ1n) is 7.00. The first-order valence-corrected chi connectivity index (χ1v) is 7.00. The van der Waals surface area contributed by atoms with Crippen molar-refractivity contribution in [2.45, 2.75) is 13.8 Å². The van der Waals surface area contributed by atoms with Gasteiger partial charge in [-0.25, -0.2) is 4.68 Å². The average molecular weight is 300 g/mol. The normalized spacial score (nSPS) is 10.8. The Morgan fingerprint density at radius 3 is 2.86 bits per heavy atom. The molecule has 2 aromatic heterocycles. The predicted octanol–water partition coefficient (Wildman–Crippen LogP) is 2.30. The number of ether oxygens (including phenoxy) is 1. The van der Waals surface area contributed by atoms with Crippen LogP contribution < -0.4 is 5.32 Å². The van der Waals surface area contributed by atoms with Gasteiger partial charge < -0.3 is 14.5 Å². The maximum absolute atomic E-state index is 11.4. The van der Waals surface area contributed by atoms with Gasteiger partial charge in [-0.15, -0.1) is 0 Å². The Balaban J connectivity index is 1.89. The number of oxazole rings is 1. The standard InChI is InChI=1S/C15H16N4O3/c1-3-21-12(20)9-16-15-17-14-13(22-15)10(2)18-19(14)11-7-5-4-6-8-11/h4-8H,3,9H2,1-2H3,(H,16,17). The van der Waals surface area contributed by atoms with Gasteiger partial charge in [0.25, 0.3) is 6.01 Å². The second-order valence-electron chi connectivity index (χ2n) is 4.66. The highest BCUT2D eigenvalue weighted by Gasteiger charge is 2.17. The Bertz CT molecular complexity index is 792. The molecule has 0 spiro atoms. The number of hydrogen-bond donors (Lipinski definition) is 1. The average Bonchev–Trinajstić information content (AvgIpc) is 3.07. The molecule has 0 aliphatic rings. The number of carbonyl (C=O) groups is 1. The van der Waals surface area contributed by atoms with E-state index in [4.69, 9.17) is 9.15 Å². The Labute approximate surface area is 126 Å². The number of rotatable bonds is 5. The molecule has 0 atom stereocenters. The first-order chi connectivity index (χ1) is 10.7. The summed E-state index contributed by atoms with van der Waals surface area (Å²) in [7, 11) is 0. The van der Waals surface area contributed by atoms with Crippen molar-refractivity contribution in [3.8, 4) is 5.69 Å². The van der Waals surface area contributed by atoms with Crippen molar-refractivity contribution < 1.29 is 13.9 Å². The number of aromatic nitrogens is 3. The van der Waals surface area contributed by atoms with Crippen LogP contribution >= 0.6 is 0 Å². The van der Waals surface area contributed by atoms with Crippen LogP contribution in [0.5, 0.6) is 0 Å². The lowest BCUT2D eigenvalue weighted by atomic mass is 10.3. The molecule has 0 aliphatic carbocycles. The predicted molar refractivity (Wildman–Crippen MR) is 81.0 cm³/mol. The molecule has 2 heterocycles. The zero-order chi connectivity index (χ0) is 15.5. The van der Waals surface area contributed by atoms with Crippen LogP contribution in [-0.2, 0) is 9.53 Å². The van der Waals surface area contributed by atoms with E-state index in [2.05, 4.69) is 15.4 Å². The Hall–Kier alpha value is -2.83. The molecular weight excluding hydrogens is 284 g/mol. The van der Waals surface area contributed by atoms with Gasteiger partial charge in [0, 0.05) is 0 Å². The molecule has 22 heavy (non-hydrogen) atoms. The molecule has 0 saturated carbocycles. The Morgan fingerprint density at radius 1 is 1.36 bits per heavy atom. The van der Waals surface area contributed by atoms with Gasteiger partial charge in [-0.3, -0.25) is 4.79 Å². The zero-order valence-corrected chi connectivity index (χ0v) is 12.4. The fourth-order valence-corrected chi connectivity index (χ4v) is 2.12. The topological polar surface area (TPSA) is 82.2 Å². The molecule has 1 N–H and O–H groups in total. The van der Waals surface area contributed by atoms with Crippen molar-refractivity contribution in [3.63, 3.8) is 0 Å². The number of anilines is 1. The largest absolute Gasteiger partial charge is 0.465 e. The van der Waals surface area contributed by atoms with Crippen LogP contribution in [0.25, 0.3) is 16.9 Å². The van der Waals surface area contributed by atoms with Crippen molar-refractivity contribution in [3.05, 3.63) is 36.0 Å². The third-order valence-corrected chi connectivity index (χ3v) is 3.08. The Morgan fingerprint density at radius 2 is 2.14 bits per heavy atom. The molecule has 0 amide bonds. The van der Waals surface area contributed by atoms with E-state index in [1.807, 2.05) is 37.3 Å². The molecule has 0 aliphatic heterocycles. The van der Waals surface area contributed by atoms with Gasteiger partial charge in [0.05, 0.1) is 12.3 Å². The van der Waals surface area contributed by atoms with Gasteiger partial charge in [-0.2, -0.15) is 10.1 Å². The van der Waals surface area contributed by atoms with Gasteiger partial charge in [0.15, 0.2) is 5.58 Å². The lowest BCUT2D eigenvalue weighted by molar-refractivity contribution is -0.140. The molecule has 3 rings (SSSR count). The van der Waals surface area contributed by atoms with E-state index < -0.39 is 0 Å². The molecule has 7 nitrogen and oxygen atoms in total. The number of hydrogen-bond acceptors (Lipinski definition) is 6. The lowest BCUT2D eigenvalue weighted by Gasteiger charge is -2.02. The minimum atomic E-state index is -0.355. The fraction of sp³-hybridized carbons (Fsp3) is 0.267. The molecule has 0 unspecified atom stereocenters. The molecule has 7 heteroatoms. The van der Waals surface area contributed by atoms with Gasteiger partial charge in [-0.05, 0) is 26.0 Å². The van der Waals surface area contributed by atoms with Crippen LogP contribution in [-0.4, -0.2) is 33.9 Å². The summed E-state index contributed by atoms with van der Waals surface area (Å²) in [6.07, 6.45) is 0. The highest BCUT2D eigenvalue weighted by molar-refractivity contribution is 5.77. The van der Waals surface area contributed by atoms with Gasteiger partial charge >= 0.3 is 5.97 Å². The molecule has 0 fully saturated rings. The monoisotopic (exact) mass is 300 g/mol. The van der Waals surface area contributed by atoms with Crippen molar-refractivity contribution in [1.29, 1.82) is 0 Å². The molecule has 0 bridgehead atoms. The molecule has 0 radical (unpaired) electrons. The van der Waals surface area contributed by atoms with E-state index in [1.54, 1.807) is 11.6 Å². The van der Waals surface area contributed by atoms with Crippen LogP contribution in [0.4, 0.5) is 6.01 Å². The Kier molecular flexibility index (Phi) is 3.78. The van der Waals surface area contributed by atoms with Gasteiger partial charge in [0.2, 0.25) is 5.65 Å². The van der Waals surface area contributed by atoms with Crippen molar-refractivity contribution in [2.75, 3.05) is 18.5 Å². The van der Waals surface area contributed by atoms with Crippen LogP contribution in [0.3, 0.4) is 0 Å². The summed E-state index contributed by atoms with van der Waals surface area (Å²) < 4.78 is 12.2. The second kappa shape index (κ2) is 5.88. The van der Waals surface area contributed by atoms with Gasteiger partial charge in [0.1, 0.15) is 12.2 Å². The van der Waals surface area contributed by atoms with Crippen LogP contribution in [0.15, 0.2) is 34.7 Å². The summed E-state index contributed by atoms with van der Waals surface area (Å²) in [6, 6.07) is 9.94. The molecule has 1 aromatic carbocycles. The number of aryl methyl sites for hydroxylation is 1. The quantitative estimate of drug-likeness (QED) is 0.728. The number of fused-ring (bicyclic) bond motifs is 1. The van der Waals surface area contributed by atoms with Crippen molar-refractivity contribution >= 4 is 23.2 Å². The summed E-state index contributed by atoms with van der Waals surface area (Å²) in [5.41, 5.74) is 2.83. The molecule has 0 saturated heterocycles. The maximum atomic E-state index is 11.4. The summed E-state index contributed by atoms with van der Waals surface area (Å²) in [6.45, 7) is 3.96.